The maximum absolute atomic E-state index is 12.6. The van der Waals surface area contributed by atoms with Crippen LogP contribution in [0.15, 0.2) is 53.6 Å². The van der Waals surface area contributed by atoms with Gasteiger partial charge in [-0.05, 0) is 29.3 Å². The number of likely N-dealkylation sites (N-methyl/N-ethyl adjacent to an activating group) is 1. The van der Waals surface area contributed by atoms with E-state index in [2.05, 4.69) is 5.10 Å². The number of amides is 1. The third-order valence-corrected chi connectivity index (χ3v) is 3.67. The van der Waals surface area contributed by atoms with Gasteiger partial charge < -0.3 is 14.2 Å². The molecule has 0 aliphatic heterocycles. The van der Waals surface area contributed by atoms with Crippen LogP contribution in [0.5, 0.6) is 11.5 Å². The van der Waals surface area contributed by atoms with Gasteiger partial charge in [0, 0.05) is 14.2 Å². The van der Waals surface area contributed by atoms with Crippen LogP contribution in [0.4, 0.5) is 0 Å². The van der Waals surface area contributed by atoms with E-state index in [1.807, 2.05) is 36.4 Å². The number of carbonyl (C=O) groups excluding carboxylic acids is 1. The maximum Gasteiger partial charge on any atom is 0.276 e. The Morgan fingerprint density at radius 1 is 1.04 bits per heavy atom. The zero-order valence-electron chi connectivity index (χ0n) is 14.8. The second-order valence-corrected chi connectivity index (χ2v) is 5.25. The fourth-order valence-electron chi connectivity index (χ4n) is 2.32. The number of ether oxygens (including phenoxy) is 3. The third-order valence-electron chi connectivity index (χ3n) is 3.67. The predicted octanol–water partition coefficient (Wildman–Crippen LogP) is 2.88. The molecular weight excluding hydrogens is 320 g/mol. The molecule has 1 unspecified atom stereocenters. The topological polar surface area (TPSA) is 60.4 Å². The summed E-state index contributed by atoms with van der Waals surface area (Å²) in [6.45, 7) is 0. The molecule has 2 aromatic carbocycles. The van der Waals surface area contributed by atoms with Gasteiger partial charge in [0.05, 0.1) is 20.4 Å². The summed E-state index contributed by atoms with van der Waals surface area (Å²) in [5.74, 6) is 0.970. The van der Waals surface area contributed by atoms with Crippen LogP contribution in [-0.2, 0) is 9.53 Å². The van der Waals surface area contributed by atoms with Crippen LogP contribution >= 0.6 is 0 Å². The van der Waals surface area contributed by atoms with Crippen molar-refractivity contribution in [1.29, 1.82) is 0 Å². The van der Waals surface area contributed by atoms with Crippen molar-refractivity contribution in [3.8, 4) is 11.5 Å². The molecule has 0 spiro atoms. The van der Waals surface area contributed by atoms with E-state index in [9.17, 15) is 4.79 Å². The number of hydrazone groups is 1. The minimum Gasteiger partial charge on any atom is -0.493 e. The standard InChI is InChI=1S/C19H22N2O4/c1-21(19(22)18(25-4)15-8-6-5-7-9-15)20-13-14-10-11-16(23-2)17(12-14)24-3/h5-13,18H,1-4H3/b20-13-. The SMILES string of the molecule is COc1ccc(/C=N\N(C)C(=O)C(OC)c2ccccc2)cc1OC. The van der Waals surface area contributed by atoms with E-state index in [4.69, 9.17) is 14.2 Å². The normalized spacial score (nSPS) is 12.0. The van der Waals surface area contributed by atoms with Crippen molar-refractivity contribution in [2.45, 2.75) is 6.10 Å². The minimum absolute atomic E-state index is 0.259. The lowest BCUT2D eigenvalue weighted by atomic mass is 10.1. The molecule has 0 aromatic heterocycles. The van der Waals surface area contributed by atoms with Crippen molar-refractivity contribution in [3.63, 3.8) is 0 Å². The lowest BCUT2D eigenvalue weighted by Gasteiger charge is -2.19. The van der Waals surface area contributed by atoms with Gasteiger partial charge >= 0.3 is 0 Å². The zero-order chi connectivity index (χ0) is 18.2. The number of hydrogen-bond acceptors (Lipinski definition) is 5. The second-order valence-electron chi connectivity index (χ2n) is 5.25. The van der Waals surface area contributed by atoms with Crippen LogP contribution in [0.25, 0.3) is 0 Å². The van der Waals surface area contributed by atoms with Crippen LogP contribution in [0.3, 0.4) is 0 Å². The van der Waals surface area contributed by atoms with Crippen LogP contribution in [-0.4, -0.2) is 45.5 Å². The van der Waals surface area contributed by atoms with Crippen molar-refractivity contribution in [1.82, 2.24) is 5.01 Å². The first kappa shape index (κ1) is 18.5. The van der Waals surface area contributed by atoms with Crippen LogP contribution in [0.1, 0.15) is 17.2 Å². The van der Waals surface area contributed by atoms with E-state index < -0.39 is 6.10 Å². The number of benzene rings is 2. The minimum atomic E-state index is -0.700. The summed E-state index contributed by atoms with van der Waals surface area (Å²) >= 11 is 0. The predicted molar refractivity (Wildman–Crippen MR) is 96.1 cm³/mol. The van der Waals surface area contributed by atoms with E-state index in [1.165, 1.54) is 12.1 Å². The number of methoxy groups -OCH3 is 3. The van der Waals surface area contributed by atoms with Gasteiger partial charge in [0.25, 0.3) is 5.91 Å². The molecule has 0 saturated heterocycles. The summed E-state index contributed by atoms with van der Waals surface area (Å²) in [6, 6.07) is 14.7. The van der Waals surface area contributed by atoms with E-state index in [0.29, 0.717) is 11.5 Å². The molecule has 0 aliphatic carbocycles. The Hall–Kier alpha value is -2.86. The first-order valence-electron chi connectivity index (χ1n) is 7.72. The van der Waals surface area contributed by atoms with Gasteiger partial charge in [-0.1, -0.05) is 30.3 Å². The molecular formula is C19H22N2O4. The van der Waals surface area contributed by atoms with Gasteiger partial charge in [0.15, 0.2) is 17.6 Å². The Balaban J connectivity index is 2.13. The van der Waals surface area contributed by atoms with Crippen molar-refractivity contribution in [3.05, 3.63) is 59.7 Å². The molecule has 6 nitrogen and oxygen atoms in total. The number of carbonyl (C=O) groups is 1. The molecule has 6 heteroatoms. The summed E-state index contributed by atoms with van der Waals surface area (Å²) in [5.41, 5.74) is 1.56. The summed E-state index contributed by atoms with van der Waals surface area (Å²) < 4.78 is 15.8. The molecule has 2 aromatic rings. The first-order chi connectivity index (χ1) is 12.1. The van der Waals surface area contributed by atoms with Gasteiger partial charge in [0.2, 0.25) is 0 Å². The highest BCUT2D eigenvalue weighted by atomic mass is 16.5. The summed E-state index contributed by atoms with van der Waals surface area (Å²) in [7, 11) is 6.24. The monoisotopic (exact) mass is 342 g/mol. The molecule has 0 saturated carbocycles. The molecule has 25 heavy (non-hydrogen) atoms. The summed E-state index contributed by atoms with van der Waals surface area (Å²) in [5, 5.41) is 5.46. The smallest absolute Gasteiger partial charge is 0.276 e. The van der Waals surface area contributed by atoms with Crippen LogP contribution in [0, 0.1) is 0 Å². The molecule has 132 valence electrons. The average Bonchev–Trinajstić information content (AvgIpc) is 2.67. The maximum atomic E-state index is 12.6. The highest BCUT2D eigenvalue weighted by Gasteiger charge is 2.23. The average molecular weight is 342 g/mol. The zero-order valence-corrected chi connectivity index (χ0v) is 14.8. The molecule has 0 fully saturated rings. The van der Waals surface area contributed by atoms with E-state index >= 15 is 0 Å². The quantitative estimate of drug-likeness (QED) is 0.573. The fraction of sp³-hybridized carbons (Fsp3) is 0.263. The van der Waals surface area contributed by atoms with Gasteiger partial charge in [-0.15, -0.1) is 0 Å². The highest BCUT2D eigenvalue weighted by molar-refractivity contribution is 5.85. The molecule has 0 N–H and O–H groups in total. The second kappa shape index (κ2) is 8.84. The van der Waals surface area contributed by atoms with Gasteiger partial charge in [-0.3, -0.25) is 4.79 Å². The van der Waals surface area contributed by atoms with Crippen LogP contribution in [0.2, 0.25) is 0 Å². The third kappa shape index (κ3) is 4.58. The number of hydrogen-bond donors (Lipinski definition) is 0. The molecule has 1 atom stereocenters. The Labute approximate surface area is 147 Å². The lowest BCUT2D eigenvalue weighted by molar-refractivity contribution is -0.141. The summed E-state index contributed by atoms with van der Waals surface area (Å²) in [4.78, 5) is 12.6. The van der Waals surface area contributed by atoms with Crippen molar-refractivity contribution < 1.29 is 19.0 Å². The van der Waals surface area contributed by atoms with Crippen molar-refractivity contribution in [2.75, 3.05) is 28.4 Å². The number of rotatable bonds is 7. The highest BCUT2D eigenvalue weighted by Crippen LogP contribution is 2.27. The van der Waals surface area contributed by atoms with E-state index in [0.717, 1.165) is 11.1 Å². The lowest BCUT2D eigenvalue weighted by Crippen LogP contribution is -2.28. The van der Waals surface area contributed by atoms with Crippen molar-refractivity contribution >= 4 is 12.1 Å². The Morgan fingerprint density at radius 3 is 2.32 bits per heavy atom. The molecule has 0 radical (unpaired) electrons. The molecule has 2 rings (SSSR count). The Bertz CT molecular complexity index is 731. The molecule has 0 heterocycles. The largest absolute Gasteiger partial charge is 0.493 e. The number of nitrogens with zero attached hydrogens (tertiary/aromatic N) is 2. The Kier molecular flexibility index (Phi) is 6.54. The van der Waals surface area contributed by atoms with Crippen molar-refractivity contribution in [2.24, 2.45) is 5.10 Å². The molecule has 0 bridgehead atoms. The molecule has 0 aliphatic rings. The van der Waals surface area contributed by atoms with Gasteiger partial charge in [-0.25, -0.2) is 5.01 Å². The van der Waals surface area contributed by atoms with E-state index in [-0.39, 0.29) is 5.91 Å². The van der Waals surface area contributed by atoms with Gasteiger partial charge in [0.1, 0.15) is 0 Å². The van der Waals surface area contributed by atoms with E-state index in [1.54, 1.807) is 39.6 Å². The van der Waals surface area contributed by atoms with Crippen LogP contribution < -0.4 is 9.47 Å². The summed E-state index contributed by atoms with van der Waals surface area (Å²) in [6.07, 6.45) is 0.881. The first-order valence-corrected chi connectivity index (χ1v) is 7.72. The van der Waals surface area contributed by atoms with Gasteiger partial charge in [-0.2, -0.15) is 5.10 Å². The fourth-order valence-corrected chi connectivity index (χ4v) is 2.32. The Morgan fingerprint density at radius 2 is 1.72 bits per heavy atom. The molecule has 1 amide bonds.